The van der Waals surface area contributed by atoms with Crippen LogP contribution in [0.4, 0.5) is 0 Å². The van der Waals surface area contributed by atoms with E-state index in [1.165, 1.54) is 11.1 Å². The van der Waals surface area contributed by atoms with E-state index in [2.05, 4.69) is 52.3 Å². The maximum atomic E-state index is 5.86. The lowest BCUT2D eigenvalue weighted by Gasteiger charge is -2.10. The zero-order valence-corrected chi connectivity index (χ0v) is 11.1. The van der Waals surface area contributed by atoms with Gasteiger partial charge in [0.15, 0.2) is 0 Å². The second-order valence-electron chi connectivity index (χ2n) is 3.71. The molecule has 0 N–H and O–H groups in total. The summed E-state index contributed by atoms with van der Waals surface area (Å²) >= 11 is 9.57. The predicted molar refractivity (Wildman–Crippen MR) is 73.3 cm³/mol. The first-order valence-corrected chi connectivity index (χ1v) is 6.48. The van der Waals surface area contributed by atoms with Crippen molar-refractivity contribution >= 4 is 27.5 Å². The molecule has 0 bridgehead atoms. The monoisotopic (exact) mass is 294 g/mol. The average molecular weight is 296 g/mol. The van der Waals surface area contributed by atoms with Crippen LogP contribution >= 0.6 is 27.5 Å². The van der Waals surface area contributed by atoms with E-state index in [0.717, 1.165) is 11.4 Å². The fraction of sp³-hybridized carbons (Fsp3) is 0.143. The van der Waals surface area contributed by atoms with Gasteiger partial charge in [-0.3, -0.25) is 0 Å². The van der Waals surface area contributed by atoms with Gasteiger partial charge in [-0.15, -0.1) is 0 Å². The summed E-state index contributed by atoms with van der Waals surface area (Å²) in [5.74, 6) is 0. The third-order valence-corrected chi connectivity index (χ3v) is 3.59. The molecular weight excluding hydrogens is 284 g/mol. The van der Waals surface area contributed by atoms with E-state index >= 15 is 0 Å². The van der Waals surface area contributed by atoms with Gasteiger partial charge in [-0.05, 0) is 29.7 Å². The van der Waals surface area contributed by atoms with Crippen molar-refractivity contribution in [2.45, 2.75) is 11.2 Å². The van der Waals surface area contributed by atoms with Gasteiger partial charge in [-0.2, -0.15) is 0 Å². The molecule has 0 aliphatic heterocycles. The molecule has 82 valence electrons. The Balaban J connectivity index is 2.09. The highest BCUT2D eigenvalue weighted by molar-refractivity contribution is 9.09. The molecule has 2 rings (SSSR count). The Hall–Kier alpha value is -0.790. The van der Waals surface area contributed by atoms with E-state index in [4.69, 9.17) is 11.6 Å². The molecule has 0 saturated carbocycles. The molecule has 0 radical (unpaired) electrons. The van der Waals surface area contributed by atoms with E-state index in [-0.39, 0.29) is 0 Å². The predicted octanol–water partition coefficient (Wildman–Crippen LogP) is 5.02. The molecule has 0 saturated heterocycles. The molecule has 0 nitrogen and oxygen atoms in total. The van der Waals surface area contributed by atoms with Crippen LogP contribution in [0.25, 0.3) is 0 Å². The fourth-order valence-electron chi connectivity index (χ4n) is 1.61. The van der Waals surface area contributed by atoms with Gasteiger partial charge in [0.05, 0.1) is 0 Å². The first-order valence-electron chi connectivity index (χ1n) is 5.19. The third kappa shape index (κ3) is 3.10. The van der Waals surface area contributed by atoms with Gasteiger partial charge < -0.3 is 0 Å². The molecule has 0 aliphatic rings. The van der Waals surface area contributed by atoms with Crippen LogP contribution < -0.4 is 0 Å². The van der Waals surface area contributed by atoms with E-state index in [1.54, 1.807) is 0 Å². The van der Waals surface area contributed by atoms with Crippen LogP contribution in [0.5, 0.6) is 0 Å². The third-order valence-electron chi connectivity index (χ3n) is 2.49. The van der Waals surface area contributed by atoms with Crippen molar-refractivity contribution in [2.75, 3.05) is 0 Å². The minimum absolute atomic E-state index is 0.340. The minimum atomic E-state index is 0.340. The molecule has 1 unspecified atom stereocenters. The largest absolute Gasteiger partial charge is 0.0843 e. The Bertz CT molecular complexity index is 436. The van der Waals surface area contributed by atoms with Crippen molar-refractivity contribution in [2.24, 2.45) is 0 Å². The quantitative estimate of drug-likeness (QED) is 0.698. The Morgan fingerprint density at radius 1 is 0.938 bits per heavy atom. The summed E-state index contributed by atoms with van der Waals surface area (Å²) in [6.07, 6.45) is 0.989. The van der Waals surface area contributed by atoms with Crippen molar-refractivity contribution in [3.63, 3.8) is 0 Å². The van der Waals surface area contributed by atoms with Gasteiger partial charge in [-0.25, -0.2) is 0 Å². The zero-order valence-electron chi connectivity index (χ0n) is 8.74. The number of hydrogen-bond donors (Lipinski definition) is 0. The maximum Gasteiger partial charge on any atom is 0.0435 e. The molecular formula is C14H12BrCl. The lowest BCUT2D eigenvalue weighted by molar-refractivity contribution is 0.949. The molecule has 2 aromatic rings. The summed E-state index contributed by atoms with van der Waals surface area (Å²) < 4.78 is 0. The molecule has 0 amide bonds. The van der Waals surface area contributed by atoms with Crippen molar-refractivity contribution in [1.82, 2.24) is 0 Å². The SMILES string of the molecule is Clc1ccc(C(Br)Cc2ccccc2)cc1. The second kappa shape index (κ2) is 5.51. The first kappa shape index (κ1) is 11.7. The maximum absolute atomic E-state index is 5.86. The first-order chi connectivity index (χ1) is 7.75. The van der Waals surface area contributed by atoms with E-state index in [0.29, 0.717) is 4.83 Å². The number of halogens is 2. The lowest BCUT2D eigenvalue weighted by atomic mass is 10.0. The second-order valence-corrected chi connectivity index (χ2v) is 5.25. The fourth-order valence-corrected chi connectivity index (χ4v) is 2.42. The smallest absolute Gasteiger partial charge is 0.0435 e. The number of rotatable bonds is 3. The molecule has 2 heteroatoms. The Labute approximate surface area is 109 Å². The Kier molecular flexibility index (Phi) is 4.03. The van der Waals surface area contributed by atoms with E-state index in [1.807, 2.05) is 18.2 Å². The highest BCUT2D eigenvalue weighted by atomic mass is 79.9. The molecule has 0 aromatic heterocycles. The zero-order chi connectivity index (χ0) is 11.4. The summed E-state index contributed by atoms with van der Waals surface area (Å²) in [6, 6.07) is 18.4. The topological polar surface area (TPSA) is 0 Å². The normalized spacial score (nSPS) is 12.4. The van der Waals surface area contributed by atoms with Gasteiger partial charge in [0.25, 0.3) is 0 Å². The van der Waals surface area contributed by atoms with Crippen LogP contribution in [0.3, 0.4) is 0 Å². The van der Waals surface area contributed by atoms with Crippen LogP contribution in [0, 0.1) is 0 Å². The van der Waals surface area contributed by atoms with Crippen molar-refractivity contribution in [3.05, 3.63) is 70.7 Å². The molecule has 16 heavy (non-hydrogen) atoms. The molecule has 0 heterocycles. The highest BCUT2D eigenvalue weighted by Gasteiger charge is 2.07. The van der Waals surface area contributed by atoms with Crippen LogP contribution in [0.15, 0.2) is 54.6 Å². The lowest BCUT2D eigenvalue weighted by Crippen LogP contribution is -1.94. The van der Waals surface area contributed by atoms with Crippen LogP contribution in [0.2, 0.25) is 5.02 Å². The summed E-state index contributed by atoms with van der Waals surface area (Å²) in [5, 5.41) is 0.781. The van der Waals surface area contributed by atoms with Gasteiger partial charge in [0.1, 0.15) is 0 Å². The highest BCUT2D eigenvalue weighted by Crippen LogP contribution is 2.27. The summed E-state index contributed by atoms with van der Waals surface area (Å²) in [4.78, 5) is 0.340. The van der Waals surface area contributed by atoms with Crippen molar-refractivity contribution < 1.29 is 0 Å². The van der Waals surface area contributed by atoms with E-state index in [9.17, 15) is 0 Å². The van der Waals surface area contributed by atoms with Crippen LogP contribution in [0.1, 0.15) is 16.0 Å². The van der Waals surface area contributed by atoms with Crippen LogP contribution in [-0.4, -0.2) is 0 Å². The minimum Gasteiger partial charge on any atom is -0.0843 e. The van der Waals surface area contributed by atoms with Gasteiger partial charge in [0, 0.05) is 9.85 Å². The summed E-state index contributed by atoms with van der Waals surface area (Å²) in [5.41, 5.74) is 2.59. The van der Waals surface area contributed by atoms with Crippen molar-refractivity contribution in [1.29, 1.82) is 0 Å². The summed E-state index contributed by atoms with van der Waals surface area (Å²) in [7, 11) is 0. The Morgan fingerprint density at radius 2 is 1.56 bits per heavy atom. The molecule has 0 aliphatic carbocycles. The van der Waals surface area contributed by atoms with Gasteiger partial charge in [-0.1, -0.05) is 70.0 Å². The number of hydrogen-bond acceptors (Lipinski definition) is 0. The average Bonchev–Trinajstić information content (AvgIpc) is 2.31. The molecule has 0 fully saturated rings. The standard InChI is InChI=1S/C14H12BrCl/c15-14(10-11-4-2-1-3-5-11)12-6-8-13(16)9-7-12/h1-9,14H,10H2. The molecule has 0 spiro atoms. The van der Waals surface area contributed by atoms with E-state index < -0.39 is 0 Å². The number of benzene rings is 2. The summed E-state index contributed by atoms with van der Waals surface area (Å²) in [6.45, 7) is 0. The van der Waals surface area contributed by atoms with Crippen LogP contribution in [-0.2, 0) is 6.42 Å². The van der Waals surface area contributed by atoms with Gasteiger partial charge in [0.2, 0.25) is 0 Å². The Morgan fingerprint density at radius 3 is 2.19 bits per heavy atom. The molecule has 1 atom stereocenters. The molecule has 2 aromatic carbocycles. The number of alkyl halides is 1. The van der Waals surface area contributed by atoms with Gasteiger partial charge >= 0.3 is 0 Å². The van der Waals surface area contributed by atoms with Crippen molar-refractivity contribution in [3.8, 4) is 0 Å².